The molecule has 0 aliphatic heterocycles. The third-order valence-corrected chi connectivity index (χ3v) is 1.33. The lowest BCUT2D eigenvalue weighted by molar-refractivity contribution is 0.399. The van der Waals surface area contributed by atoms with Gasteiger partial charge in [0.25, 0.3) is 0 Å². The smallest absolute Gasteiger partial charge is 0.164 e. The lowest BCUT2D eigenvalue weighted by Gasteiger charge is -1.99. The second kappa shape index (κ2) is 4.81. The first-order chi connectivity index (χ1) is 6.04. The molecule has 1 aromatic carbocycles. The van der Waals surface area contributed by atoms with Crippen LogP contribution in [0, 0.1) is 30.2 Å². The molecule has 0 radical (unpaired) electrons. The Kier molecular flexibility index (Phi) is 4.40. The van der Waals surface area contributed by atoms with Crippen LogP contribution in [0.3, 0.4) is 0 Å². The molecule has 0 aromatic heterocycles. The van der Waals surface area contributed by atoms with Gasteiger partial charge in [-0.05, 0) is 6.92 Å². The van der Waals surface area contributed by atoms with Crippen molar-refractivity contribution in [3.63, 3.8) is 0 Å². The van der Waals surface area contributed by atoms with Gasteiger partial charge in [0.05, 0.1) is 0 Å². The van der Waals surface area contributed by atoms with E-state index in [9.17, 15) is 17.6 Å². The van der Waals surface area contributed by atoms with Crippen molar-refractivity contribution in [3.05, 3.63) is 34.9 Å². The molecule has 0 spiro atoms. The van der Waals surface area contributed by atoms with E-state index in [2.05, 4.69) is 0 Å². The van der Waals surface area contributed by atoms with Crippen LogP contribution in [0.2, 0.25) is 0 Å². The summed E-state index contributed by atoms with van der Waals surface area (Å²) in [5.74, 6) is -5.43. The topological polar surface area (TPSA) is 20.2 Å². The molecular weight excluding hydrogens is 188 g/mol. The third kappa shape index (κ3) is 2.42. The fourth-order valence-electron chi connectivity index (χ4n) is 0.693. The summed E-state index contributed by atoms with van der Waals surface area (Å²) >= 11 is 0. The highest BCUT2D eigenvalue weighted by Gasteiger charge is 2.14. The summed E-state index contributed by atoms with van der Waals surface area (Å²) in [6, 6.07) is 0.178. The van der Waals surface area contributed by atoms with Gasteiger partial charge in [0.15, 0.2) is 23.3 Å². The van der Waals surface area contributed by atoms with Crippen LogP contribution in [0.4, 0.5) is 17.6 Å². The van der Waals surface area contributed by atoms with Crippen molar-refractivity contribution >= 4 is 0 Å². The first-order valence-electron chi connectivity index (χ1n) is 3.28. The van der Waals surface area contributed by atoms with Crippen LogP contribution in [-0.2, 0) is 0 Å². The standard InChI is InChI=1S/C7H4F4.CH4O/c1-3-6(10)4(8)2-5(9)7(3)11;1-2/h2H,1H3;2H,1H3. The van der Waals surface area contributed by atoms with Gasteiger partial charge in [-0.2, -0.15) is 0 Å². The van der Waals surface area contributed by atoms with Crippen LogP contribution in [-0.4, -0.2) is 12.2 Å². The maximum atomic E-state index is 12.4. The third-order valence-electron chi connectivity index (χ3n) is 1.33. The zero-order valence-corrected chi connectivity index (χ0v) is 7.04. The van der Waals surface area contributed by atoms with Crippen LogP contribution in [0.5, 0.6) is 0 Å². The van der Waals surface area contributed by atoms with Crippen molar-refractivity contribution in [1.29, 1.82) is 0 Å². The quantitative estimate of drug-likeness (QED) is 0.498. The fraction of sp³-hybridized carbons (Fsp3) is 0.250. The second-order valence-electron chi connectivity index (χ2n) is 2.09. The molecule has 74 valence electrons. The molecule has 0 bridgehead atoms. The molecule has 0 heterocycles. The Hall–Kier alpha value is -1.10. The molecule has 0 saturated carbocycles. The molecule has 1 rings (SSSR count). The molecule has 0 saturated heterocycles. The summed E-state index contributed by atoms with van der Waals surface area (Å²) < 4.78 is 49.3. The van der Waals surface area contributed by atoms with Crippen molar-refractivity contribution in [3.8, 4) is 0 Å². The number of hydrogen-bond acceptors (Lipinski definition) is 1. The molecule has 5 heteroatoms. The maximum absolute atomic E-state index is 12.4. The number of aliphatic hydroxyl groups is 1. The van der Waals surface area contributed by atoms with Crippen molar-refractivity contribution < 1.29 is 22.7 Å². The van der Waals surface area contributed by atoms with Crippen LogP contribution < -0.4 is 0 Å². The Balaban J connectivity index is 0.000000671. The molecule has 0 fully saturated rings. The fourth-order valence-corrected chi connectivity index (χ4v) is 0.693. The number of aliphatic hydroxyl groups excluding tert-OH is 1. The summed E-state index contributed by atoms with van der Waals surface area (Å²) in [5.41, 5.74) is -0.637. The van der Waals surface area contributed by atoms with Crippen LogP contribution in [0.25, 0.3) is 0 Å². The summed E-state index contributed by atoms with van der Waals surface area (Å²) in [4.78, 5) is 0. The average Bonchev–Trinajstić information content (AvgIpc) is 2.15. The Labute approximate surface area is 72.6 Å². The van der Waals surface area contributed by atoms with E-state index in [1.54, 1.807) is 0 Å². The maximum Gasteiger partial charge on any atom is 0.164 e. The Morgan fingerprint density at radius 2 is 1.23 bits per heavy atom. The van der Waals surface area contributed by atoms with Crippen LogP contribution in [0.1, 0.15) is 5.56 Å². The monoisotopic (exact) mass is 196 g/mol. The molecule has 0 aliphatic rings. The van der Waals surface area contributed by atoms with E-state index in [-0.39, 0.29) is 6.07 Å². The van der Waals surface area contributed by atoms with E-state index in [0.29, 0.717) is 0 Å². The number of halogens is 4. The highest BCUT2D eigenvalue weighted by Crippen LogP contribution is 2.17. The molecule has 0 aliphatic carbocycles. The largest absolute Gasteiger partial charge is 0.400 e. The predicted octanol–water partition coefficient (Wildman–Crippen LogP) is 2.16. The van der Waals surface area contributed by atoms with Gasteiger partial charge >= 0.3 is 0 Å². The van der Waals surface area contributed by atoms with Gasteiger partial charge in [-0.1, -0.05) is 0 Å². The molecule has 1 nitrogen and oxygen atoms in total. The van der Waals surface area contributed by atoms with Gasteiger partial charge < -0.3 is 5.11 Å². The van der Waals surface area contributed by atoms with Crippen molar-refractivity contribution in [1.82, 2.24) is 0 Å². The van der Waals surface area contributed by atoms with E-state index in [4.69, 9.17) is 5.11 Å². The molecule has 1 aromatic rings. The first kappa shape index (κ1) is 11.9. The zero-order valence-electron chi connectivity index (χ0n) is 7.04. The summed E-state index contributed by atoms with van der Waals surface area (Å²) in [7, 11) is 1.00. The van der Waals surface area contributed by atoms with Gasteiger partial charge in [-0.3, -0.25) is 0 Å². The van der Waals surface area contributed by atoms with Gasteiger partial charge in [-0.25, -0.2) is 17.6 Å². The van der Waals surface area contributed by atoms with Crippen molar-refractivity contribution in [2.45, 2.75) is 6.92 Å². The Morgan fingerprint density at radius 1 is 0.923 bits per heavy atom. The highest BCUT2D eigenvalue weighted by atomic mass is 19.2. The van der Waals surface area contributed by atoms with Gasteiger partial charge in [0.2, 0.25) is 0 Å². The molecule has 1 N–H and O–H groups in total. The second-order valence-corrected chi connectivity index (χ2v) is 2.09. The summed E-state index contributed by atoms with van der Waals surface area (Å²) in [6.07, 6.45) is 0. The molecule has 0 amide bonds. The lowest BCUT2D eigenvalue weighted by Crippen LogP contribution is -1.97. The number of benzene rings is 1. The molecular formula is C8H8F4O. The lowest BCUT2D eigenvalue weighted by atomic mass is 10.2. The highest BCUT2D eigenvalue weighted by molar-refractivity contribution is 5.20. The molecule has 13 heavy (non-hydrogen) atoms. The Morgan fingerprint density at radius 3 is 1.54 bits per heavy atom. The normalized spacial score (nSPS) is 9.15. The SMILES string of the molecule is CO.Cc1c(F)c(F)cc(F)c1F. The number of hydrogen-bond donors (Lipinski definition) is 1. The van der Waals surface area contributed by atoms with E-state index in [1.165, 1.54) is 0 Å². The summed E-state index contributed by atoms with van der Waals surface area (Å²) in [6.45, 7) is 0.969. The van der Waals surface area contributed by atoms with E-state index in [1.807, 2.05) is 0 Å². The molecule has 0 atom stereocenters. The van der Waals surface area contributed by atoms with E-state index in [0.717, 1.165) is 14.0 Å². The summed E-state index contributed by atoms with van der Waals surface area (Å²) in [5, 5.41) is 7.00. The number of rotatable bonds is 0. The Bertz CT molecular complexity index is 272. The average molecular weight is 196 g/mol. The zero-order chi connectivity index (χ0) is 10.6. The molecule has 0 unspecified atom stereocenters. The minimum absolute atomic E-state index is 0.178. The van der Waals surface area contributed by atoms with Gasteiger partial charge in [-0.15, -0.1) is 0 Å². The first-order valence-corrected chi connectivity index (χ1v) is 3.28. The minimum atomic E-state index is -1.37. The minimum Gasteiger partial charge on any atom is -0.400 e. The van der Waals surface area contributed by atoms with Crippen molar-refractivity contribution in [2.75, 3.05) is 7.11 Å². The van der Waals surface area contributed by atoms with E-state index >= 15 is 0 Å². The van der Waals surface area contributed by atoms with Gasteiger partial charge in [0.1, 0.15) is 0 Å². The predicted molar refractivity (Wildman–Crippen MR) is 39.2 cm³/mol. The van der Waals surface area contributed by atoms with E-state index < -0.39 is 28.8 Å². The van der Waals surface area contributed by atoms with Crippen LogP contribution >= 0.6 is 0 Å². The van der Waals surface area contributed by atoms with Crippen molar-refractivity contribution in [2.24, 2.45) is 0 Å². The van der Waals surface area contributed by atoms with Crippen LogP contribution in [0.15, 0.2) is 6.07 Å². The van der Waals surface area contributed by atoms with Gasteiger partial charge in [0, 0.05) is 18.7 Å².